The minimum Gasteiger partial charge on any atom is -0.481 e. The standard InChI is InChI=1S/C12H16N2O3/c1-9(6-12(16)17)5-11(15)14-8-10-3-2-4-13-7-10/h2-4,7,9H,5-6,8H2,1H3,(H,14,15)(H,16,17)/t9-/m0/s1. The zero-order chi connectivity index (χ0) is 12.7. The number of hydrogen-bond acceptors (Lipinski definition) is 3. The lowest BCUT2D eigenvalue weighted by Crippen LogP contribution is -2.25. The first-order chi connectivity index (χ1) is 8.08. The molecule has 0 radical (unpaired) electrons. The van der Waals surface area contributed by atoms with Gasteiger partial charge in [0.25, 0.3) is 0 Å². The summed E-state index contributed by atoms with van der Waals surface area (Å²) in [5.74, 6) is -1.17. The van der Waals surface area contributed by atoms with E-state index < -0.39 is 5.97 Å². The minimum atomic E-state index is -0.877. The predicted molar refractivity (Wildman–Crippen MR) is 62.1 cm³/mol. The summed E-state index contributed by atoms with van der Waals surface area (Å²) in [5, 5.41) is 11.3. The molecule has 0 aliphatic carbocycles. The van der Waals surface area contributed by atoms with Crippen molar-refractivity contribution < 1.29 is 14.7 Å². The second kappa shape index (κ2) is 6.62. The lowest BCUT2D eigenvalue weighted by atomic mass is 10.0. The monoisotopic (exact) mass is 236 g/mol. The van der Waals surface area contributed by atoms with Crippen LogP contribution in [0.5, 0.6) is 0 Å². The molecule has 0 aromatic carbocycles. The van der Waals surface area contributed by atoms with Crippen molar-refractivity contribution in [3.8, 4) is 0 Å². The van der Waals surface area contributed by atoms with E-state index >= 15 is 0 Å². The Morgan fingerprint density at radius 1 is 1.47 bits per heavy atom. The number of hydrogen-bond donors (Lipinski definition) is 2. The molecule has 0 saturated carbocycles. The normalized spacial score (nSPS) is 11.8. The zero-order valence-electron chi connectivity index (χ0n) is 9.72. The van der Waals surface area contributed by atoms with Gasteiger partial charge in [0.1, 0.15) is 0 Å². The maximum Gasteiger partial charge on any atom is 0.303 e. The van der Waals surface area contributed by atoms with E-state index in [2.05, 4.69) is 10.3 Å². The number of amides is 1. The lowest BCUT2D eigenvalue weighted by molar-refractivity contribution is -0.138. The summed E-state index contributed by atoms with van der Waals surface area (Å²) >= 11 is 0. The van der Waals surface area contributed by atoms with E-state index in [-0.39, 0.29) is 24.7 Å². The number of carbonyl (C=O) groups excluding carboxylic acids is 1. The molecule has 1 heterocycles. The molecule has 0 fully saturated rings. The molecule has 2 N–H and O–H groups in total. The van der Waals surface area contributed by atoms with Crippen molar-refractivity contribution in [1.82, 2.24) is 10.3 Å². The maximum absolute atomic E-state index is 11.5. The first kappa shape index (κ1) is 13.2. The van der Waals surface area contributed by atoms with Crippen LogP contribution in [0.3, 0.4) is 0 Å². The molecule has 0 bridgehead atoms. The number of nitrogens with one attached hydrogen (secondary N) is 1. The van der Waals surface area contributed by atoms with Gasteiger partial charge in [0, 0.05) is 31.8 Å². The minimum absolute atomic E-state index is 0.0142. The van der Waals surface area contributed by atoms with Crippen molar-refractivity contribution in [2.75, 3.05) is 0 Å². The van der Waals surface area contributed by atoms with Crippen LogP contribution in [0.15, 0.2) is 24.5 Å². The number of rotatable bonds is 6. The Kier molecular flexibility index (Phi) is 5.13. The van der Waals surface area contributed by atoms with Crippen LogP contribution in [0.2, 0.25) is 0 Å². The lowest BCUT2D eigenvalue weighted by Gasteiger charge is -2.09. The van der Waals surface area contributed by atoms with E-state index in [0.717, 1.165) is 5.56 Å². The number of carboxylic acid groups (broad SMARTS) is 1. The summed E-state index contributed by atoms with van der Waals surface area (Å²) in [4.78, 5) is 25.8. The van der Waals surface area contributed by atoms with Gasteiger partial charge in [-0.2, -0.15) is 0 Å². The second-order valence-electron chi connectivity index (χ2n) is 4.05. The highest BCUT2D eigenvalue weighted by atomic mass is 16.4. The van der Waals surface area contributed by atoms with Crippen LogP contribution < -0.4 is 5.32 Å². The van der Waals surface area contributed by atoms with Crippen LogP contribution in [0.1, 0.15) is 25.3 Å². The number of aromatic nitrogens is 1. The van der Waals surface area contributed by atoms with Crippen LogP contribution in [-0.4, -0.2) is 22.0 Å². The number of carboxylic acids is 1. The Balaban J connectivity index is 2.28. The van der Waals surface area contributed by atoms with Crippen LogP contribution in [-0.2, 0) is 16.1 Å². The Morgan fingerprint density at radius 3 is 2.82 bits per heavy atom. The summed E-state index contributed by atoms with van der Waals surface area (Å²) in [5.41, 5.74) is 0.923. The molecule has 0 aliphatic heterocycles. The molecule has 0 aliphatic rings. The molecule has 1 aromatic rings. The summed E-state index contributed by atoms with van der Waals surface area (Å²) in [6, 6.07) is 3.67. The third kappa shape index (κ3) is 5.65. The van der Waals surface area contributed by atoms with Crippen LogP contribution in [0, 0.1) is 5.92 Å². The van der Waals surface area contributed by atoms with Gasteiger partial charge in [0.05, 0.1) is 0 Å². The molecule has 0 unspecified atom stereocenters. The average Bonchev–Trinajstić information content (AvgIpc) is 2.26. The zero-order valence-corrected chi connectivity index (χ0v) is 9.72. The Morgan fingerprint density at radius 2 is 2.24 bits per heavy atom. The molecule has 5 heteroatoms. The Labute approximate surface area is 99.9 Å². The smallest absolute Gasteiger partial charge is 0.303 e. The molecular formula is C12H16N2O3. The van der Waals surface area contributed by atoms with Gasteiger partial charge in [-0.15, -0.1) is 0 Å². The van der Waals surface area contributed by atoms with E-state index in [1.165, 1.54) is 0 Å². The van der Waals surface area contributed by atoms with Gasteiger partial charge in [-0.25, -0.2) is 0 Å². The van der Waals surface area contributed by atoms with Crippen molar-refractivity contribution in [3.63, 3.8) is 0 Å². The molecule has 0 saturated heterocycles. The van der Waals surface area contributed by atoms with E-state index in [4.69, 9.17) is 5.11 Å². The third-order valence-electron chi connectivity index (χ3n) is 2.27. The fourth-order valence-corrected chi connectivity index (χ4v) is 1.46. The van der Waals surface area contributed by atoms with Crippen molar-refractivity contribution in [2.45, 2.75) is 26.3 Å². The van der Waals surface area contributed by atoms with E-state index in [1.807, 2.05) is 6.07 Å². The topological polar surface area (TPSA) is 79.3 Å². The molecule has 1 rings (SSSR count). The Bertz CT molecular complexity index is 379. The maximum atomic E-state index is 11.5. The van der Waals surface area contributed by atoms with Gasteiger partial charge in [0.2, 0.25) is 5.91 Å². The highest BCUT2D eigenvalue weighted by Crippen LogP contribution is 2.07. The molecule has 0 spiro atoms. The quantitative estimate of drug-likeness (QED) is 0.777. The first-order valence-electron chi connectivity index (χ1n) is 5.45. The highest BCUT2D eigenvalue weighted by Gasteiger charge is 2.12. The summed E-state index contributed by atoms with van der Waals surface area (Å²) in [6.45, 7) is 2.17. The number of carbonyl (C=O) groups is 2. The largest absolute Gasteiger partial charge is 0.481 e. The highest BCUT2D eigenvalue weighted by molar-refractivity contribution is 5.77. The van der Waals surface area contributed by atoms with Gasteiger partial charge < -0.3 is 10.4 Å². The Hall–Kier alpha value is -1.91. The van der Waals surface area contributed by atoms with Crippen molar-refractivity contribution >= 4 is 11.9 Å². The average molecular weight is 236 g/mol. The fraction of sp³-hybridized carbons (Fsp3) is 0.417. The molecular weight excluding hydrogens is 220 g/mol. The number of nitrogens with zero attached hydrogens (tertiary/aromatic N) is 1. The molecule has 5 nitrogen and oxygen atoms in total. The van der Waals surface area contributed by atoms with Crippen LogP contribution in [0.25, 0.3) is 0 Å². The van der Waals surface area contributed by atoms with E-state index in [1.54, 1.807) is 25.4 Å². The SMILES string of the molecule is C[C@H](CC(=O)O)CC(=O)NCc1cccnc1. The van der Waals surface area contributed by atoms with Gasteiger partial charge >= 0.3 is 5.97 Å². The third-order valence-corrected chi connectivity index (χ3v) is 2.27. The van der Waals surface area contributed by atoms with Gasteiger partial charge in [-0.3, -0.25) is 14.6 Å². The molecule has 1 amide bonds. The van der Waals surface area contributed by atoms with E-state index in [9.17, 15) is 9.59 Å². The van der Waals surface area contributed by atoms with Crippen LogP contribution in [0.4, 0.5) is 0 Å². The fourth-order valence-electron chi connectivity index (χ4n) is 1.46. The summed E-state index contributed by atoms with van der Waals surface area (Å²) < 4.78 is 0. The van der Waals surface area contributed by atoms with Crippen molar-refractivity contribution in [3.05, 3.63) is 30.1 Å². The van der Waals surface area contributed by atoms with Crippen molar-refractivity contribution in [2.24, 2.45) is 5.92 Å². The predicted octanol–water partition coefficient (Wildman–Crippen LogP) is 1.20. The molecule has 1 atom stereocenters. The summed E-state index contributed by atoms with van der Waals surface area (Å²) in [7, 11) is 0. The number of aliphatic carboxylic acids is 1. The van der Waals surface area contributed by atoms with Gasteiger partial charge in [-0.1, -0.05) is 13.0 Å². The molecule has 17 heavy (non-hydrogen) atoms. The number of pyridine rings is 1. The van der Waals surface area contributed by atoms with Crippen molar-refractivity contribution in [1.29, 1.82) is 0 Å². The molecule has 92 valence electrons. The van der Waals surface area contributed by atoms with E-state index in [0.29, 0.717) is 6.54 Å². The van der Waals surface area contributed by atoms with Gasteiger partial charge in [0.15, 0.2) is 0 Å². The molecule has 1 aromatic heterocycles. The first-order valence-corrected chi connectivity index (χ1v) is 5.45. The second-order valence-corrected chi connectivity index (χ2v) is 4.05. The van der Waals surface area contributed by atoms with Gasteiger partial charge in [-0.05, 0) is 17.5 Å². The van der Waals surface area contributed by atoms with Crippen LogP contribution >= 0.6 is 0 Å². The summed E-state index contributed by atoms with van der Waals surface area (Å²) in [6.07, 6.45) is 3.59.